The largest absolute Gasteiger partial charge is 0.333 e. The fourth-order valence-electron chi connectivity index (χ4n) is 2.57. The quantitative estimate of drug-likeness (QED) is 0.428. The molecule has 2 aromatic carbocycles. The topological polar surface area (TPSA) is 98.0 Å². The molecule has 108 valence electrons. The minimum atomic E-state index is -0.555. The summed E-state index contributed by atoms with van der Waals surface area (Å²) in [4.78, 5) is 38.2. The van der Waals surface area contributed by atoms with Crippen molar-refractivity contribution in [1.29, 1.82) is 0 Å². The Morgan fingerprint density at radius 3 is 2.73 bits per heavy atom. The van der Waals surface area contributed by atoms with Crippen molar-refractivity contribution in [3.05, 3.63) is 67.4 Å². The molecular weight excluding hydrogens is 306 g/mol. The summed E-state index contributed by atoms with van der Waals surface area (Å²) in [5.41, 5.74) is 0.0203. The van der Waals surface area contributed by atoms with Crippen molar-refractivity contribution < 1.29 is 4.92 Å². The first-order chi connectivity index (χ1) is 10.6. The monoisotopic (exact) mass is 313 g/mol. The highest BCUT2D eigenvalue weighted by molar-refractivity contribution is 7.99. The molecule has 0 unspecified atom stereocenters. The Balaban J connectivity index is 2.17. The molecule has 1 N–H and O–H groups in total. The van der Waals surface area contributed by atoms with Crippen molar-refractivity contribution in [2.24, 2.45) is 0 Å². The van der Waals surface area contributed by atoms with Crippen LogP contribution in [0.15, 0.2) is 55.8 Å². The Kier molecular flexibility index (Phi) is 2.52. The number of hydrogen-bond donors (Lipinski definition) is 1. The molecule has 7 nitrogen and oxygen atoms in total. The number of fused-ring (bicyclic) bond motifs is 2. The number of nitro groups is 1. The van der Waals surface area contributed by atoms with Gasteiger partial charge >= 0.3 is 5.69 Å². The molecule has 3 aromatic rings. The standard InChI is InChI=1S/C14H7N3O4S/c18-13-8-2-1-3-10-12(8)16(14(19)15-13)9-5-4-7(17(20)21)6-11(9)22-10/h1-6H,(H,15,18,19). The summed E-state index contributed by atoms with van der Waals surface area (Å²) in [7, 11) is 0. The van der Waals surface area contributed by atoms with E-state index in [1.54, 1.807) is 18.2 Å². The van der Waals surface area contributed by atoms with Gasteiger partial charge in [-0.3, -0.25) is 24.5 Å². The van der Waals surface area contributed by atoms with E-state index in [0.29, 0.717) is 26.4 Å². The molecular formula is C14H7N3O4S. The molecule has 1 aliphatic heterocycles. The van der Waals surface area contributed by atoms with Gasteiger partial charge in [-0.25, -0.2) is 4.79 Å². The summed E-state index contributed by atoms with van der Waals surface area (Å²) in [6, 6.07) is 9.44. The summed E-state index contributed by atoms with van der Waals surface area (Å²) in [6.45, 7) is 0. The van der Waals surface area contributed by atoms with E-state index < -0.39 is 16.2 Å². The summed E-state index contributed by atoms with van der Waals surface area (Å²) in [6.07, 6.45) is 0. The highest BCUT2D eigenvalue weighted by atomic mass is 32.2. The lowest BCUT2D eigenvalue weighted by Crippen LogP contribution is -2.30. The average Bonchev–Trinajstić information content (AvgIpc) is 2.50. The van der Waals surface area contributed by atoms with Crippen molar-refractivity contribution in [3.8, 4) is 5.69 Å². The third-order valence-electron chi connectivity index (χ3n) is 3.51. The number of nitro benzene ring substituents is 1. The number of nitrogens with one attached hydrogen (secondary N) is 1. The van der Waals surface area contributed by atoms with Crippen LogP contribution in [0.4, 0.5) is 5.69 Å². The molecule has 0 spiro atoms. The third-order valence-corrected chi connectivity index (χ3v) is 4.60. The fraction of sp³-hybridized carbons (Fsp3) is 0. The van der Waals surface area contributed by atoms with Gasteiger partial charge in [0.15, 0.2) is 0 Å². The second kappa shape index (κ2) is 4.31. The van der Waals surface area contributed by atoms with E-state index in [1.807, 2.05) is 0 Å². The first kappa shape index (κ1) is 12.8. The number of nitrogens with zero attached hydrogens (tertiary/aromatic N) is 2. The van der Waals surface area contributed by atoms with Crippen LogP contribution in [0.2, 0.25) is 0 Å². The fourth-order valence-corrected chi connectivity index (χ4v) is 3.70. The zero-order valence-corrected chi connectivity index (χ0v) is 11.7. The van der Waals surface area contributed by atoms with Gasteiger partial charge in [-0.1, -0.05) is 17.8 Å². The highest BCUT2D eigenvalue weighted by Crippen LogP contribution is 2.41. The molecule has 2 heterocycles. The van der Waals surface area contributed by atoms with Gasteiger partial charge in [0.1, 0.15) is 0 Å². The predicted molar refractivity (Wildman–Crippen MR) is 80.9 cm³/mol. The molecule has 1 aromatic heterocycles. The molecule has 0 atom stereocenters. The molecule has 0 aliphatic carbocycles. The highest BCUT2D eigenvalue weighted by Gasteiger charge is 2.23. The number of aromatic amines is 1. The maximum absolute atomic E-state index is 12.2. The van der Waals surface area contributed by atoms with Crippen LogP contribution in [0.25, 0.3) is 16.6 Å². The molecule has 0 radical (unpaired) electrons. The van der Waals surface area contributed by atoms with Crippen LogP contribution in [0, 0.1) is 10.1 Å². The van der Waals surface area contributed by atoms with Crippen molar-refractivity contribution >= 4 is 28.4 Å². The molecule has 0 bridgehead atoms. The zero-order valence-electron chi connectivity index (χ0n) is 10.9. The molecule has 4 rings (SSSR count). The number of H-pyrrole nitrogens is 1. The van der Waals surface area contributed by atoms with Gasteiger partial charge in [-0.05, 0) is 18.2 Å². The molecule has 8 heteroatoms. The summed E-state index contributed by atoms with van der Waals surface area (Å²) < 4.78 is 1.39. The Morgan fingerprint density at radius 2 is 1.95 bits per heavy atom. The number of rotatable bonds is 1. The van der Waals surface area contributed by atoms with Crippen LogP contribution >= 0.6 is 11.8 Å². The number of non-ortho nitro benzene ring substituents is 1. The van der Waals surface area contributed by atoms with Gasteiger partial charge in [0, 0.05) is 21.9 Å². The number of benzene rings is 2. The van der Waals surface area contributed by atoms with E-state index in [1.165, 1.54) is 34.5 Å². The Hall–Kier alpha value is -2.87. The van der Waals surface area contributed by atoms with Gasteiger partial charge in [0.05, 0.1) is 21.5 Å². The van der Waals surface area contributed by atoms with Crippen LogP contribution in [-0.4, -0.2) is 14.5 Å². The van der Waals surface area contributed by atoms with Crippen molar-refractivity contribution in [2.75, 3.05) is 0 Å². The lowest BCUT2D eigenvalue weighted by Gasteiger charge is -2.20. The van der Waals surface area contributed by atoms with Gasteiger partial charge in [-0.2, -0.15) is 0 Å². The summed E-state index contributed by atoms with van der Waals surface area (Å²) >= 11 is 1.31. The lowest BCUT2D eigenvalue weighted by atomic mass is 10.2. The molecule has 0 amide bonds. The van der Waals surface area contributed by atoms with E-state index in [0.717, 1.165) is 0 Å². The molecule has 1 aliphatic rings. The minimum absolute atomic E-state index is 0.0423. The maximum atomic E-state index is 12.2. The minimum Gasteiger partial charge on any atom is -0.273 e. The van der Waals surface area contributed by atoms with E-state index in [2.05, 4.69) is 4.98 Å². The first-order valence-corrected chi connectivity index (χ1v) is 7.12. The van der Waals surface area contributed by atoms with Crippen LogP contribution < -0.4 is 11.2 Å². The van der Waals surface area contributed by atoms with Crippen LogP contribution in [0.1, 0.15) is 0 Å². The van der Waals surface area contributed by atoms with Gasteiger partial charge in [0.2, 0.25) is 0 Å². The SMILES string of the molecule is O=c1[nH]c(=O)n2c3c(cccc13)Sc1cc([N+](=O)[O-])ccc1-2. The van der Waals surface area contributed by atoms with Crippen molar-refractivity contribution in [1.82, 2.24) is 9.55 Å². The number of para-hydroxylation sites is 1. The predicted octanol–water partition coefficient (Wildman–Crippen LogP) is 2.05. The van der Waals surface area contributed by atoms with Gasteiger partial charge < -0.3 is 0 Å². The molecule has 0 saturated heterocycles. The molecule has 0 fully saturated rings. The van der Waals surface area contributed by atoms with E-state index in [4.69, 9.17) is 0 Å². The molecule has 22 heavy (non-hydrogen) atoms. The Morgan fingerprint density at radius 1 is 1.14 bits per heavy atom. The maximum Gasteiger partial charge on any atom is 0.333 e. The van der Waals surface area contributed by atoms with Gasteiger partial charge in [-0.15, -0.1) is 0 Å². The van der Waals surface area contributed by atoms with Crippen molar-refractivity contribution in [2.45, 2.75) is 9.79 Å². The second-order valence-corrected chi connectivity index (χ2v) is 5.84. The first-order valence-electron chi connectivity index (χ1n) is 6.31. The van der Waals surface area contributed by atoms with Crippen LogP contribution in [0.5, 0.6) is 0 Å². The Bertz CT molecular complexity index is 1080. The summed E-state index contributed by atoms with van der Waals surface area (Å²) in [5, 5.41) is 11.3. The second-order valence-electron chi connectivity index (χ2n) is 4.76. The zero-order chi connectivity index (χ0) is 15.4. The number of hydrogen-bond acceptors (Lipinski definition) is 5. The third kappa shape index (κ3) is 1.64. The van der Waals surface area contributed by atoms with Gasteiger partial charge in [0.25, 0.3) is 11.2 Å². The average molecular weight is 313 g/mol. The van der Waals surface area contributed by atoms with Crippen LogP contribution in [0.3, 0.4) is 0 Å². The Labute approximate surface area is 126 Å². The van der Waals surface area contributed by atoms with E-state index in [-0.39, 0.29) is 5.69 Å². The normalized spacial score (nSPS) is 12.2. The summed E-state index contributed by atoms with van der Waals surface area (Å²) in [5.74, 6) is 0. The van der Waals surface area contributed by atoms with E-state index in [9.17, 15) is 19.7 Å². The van der Waals surface area contributed by atoms with Crippen molar-refractivity contribution in [3.63, 3.8) is 0 Å². The molecule has 0 saturated carbocycles. The lowest BCUT2D eigenvalue weighted by molar-refractivity contribution is -0.385. The number of aromatic nitrogens is 2. The van der Waals surface area contributed by atoms with Crippen LogP contribution in [-0.2, 0) is 0 Å². The smallest absolute Gasteiger partial charge is 0.273 e. The van der Waals surface area contributed by atoms with E-state index >= 15 is 0 Å².